The van der Waals surface area contributed by atoms with Crippen molar-refractivity contribution in [3.8, 4) is 33.4 Å². The van der Waals surface area contributed by atoms with Crippen molar-refractivity contribution in [3.63, 3.8) is 0 Å². The van der Waals surface area contributed by atoms with Crippen LogP contribution in [0.3, 0.4) is 0 Å². The molecule has 0 heterocycles. The van der Waals surface area contributed by atoms with Gasteiger partial charge in [0.15, 0.2) is 0 Å². The molecule has 0 saturated carbocycles. The Morgan fingerprint density at radius 2 is 0.869 bits per heavy atom. The minimum Gasteiger partial charge on any atom is -0.310 e. The molecule has 11 aromatic carbocycles. The average molecular weight is 776 g/mol. The van der Waals surface area contributed by atoms with Crippen LogP contribution in [-0.2, 0) is 5.41 Å². The normalized spacial score (nSPS) is 14.4. The van der Waals surface area contributed by atoms with Crippen LogP contribution >= 0.6 is 0 Å². The maximum Gasteiger partial charge on any atom is 0.0540 e. The number of rotatable bonds is 6. The number of fused-ring (bicyclic) bond motifs is 9. The average Bonchev–Trinajstić information content (AvgIpc) is 3.61. The molecule has 0 bridgehead atoms. The molecular formula is C60H41N. The quantitative estimate of drug-likeness (QED) is 0.152. The van der Waals surface area contributed by atoms with Crippen LogP contribution in [0.25, 0.3) is 76.5 Å². The molecule has 61 heavy (non-hydrogen) atoms. The SMILES string of the molecule is CC1(c2ccccc2)c2ccccc2-c2cccc(N(c3ccc4c(c3)c(-c3ccccc3)c(-c3ccccc3)c3ccccc34)c3cccc4c3ccc3ccccc34)c21. The maximum absolute atomic E-state index is 2.56. The Morgan fingerprint density at radius 3 is 1.64 bits per heavy atom. The molecule has 1 aliphatic rings. The highest BCUT2D eigenvalue weighted by Gasteiger charge is 2.43. The second kappa shape index (κ2) is 13.9. The first-order valence-electron chi connectivity index (χ1n) is 21.3. The first-order valence-corrected chi connectivity index (χ1v) is 21.3. The highest BCUT2D eigenvalue weighted by atomic mass is 15.1. The van der Waals surface area contributed by atoms with Crippen LogP contribution in [0.2, 0.25) is 0 Å². The van der Waals surface area contributed by atoms with E-state index >= 15 is 0 Å². The number of benzene rings is 11. The molecule has 12 rings (SSSR count). The van der Waals surface area contributed by atoms with E-state index in [1.807, 2.05) is 0 Å². The minimum absolute atomic E-state index is 0.415. The van der Waals surface area contributed by atoms with E-state index in [4.69, 9.17) is 0 Å². The smallest absolute Gasteiger partial charge is 0.0540 e. The Morgan fingerprint density at radius 1 is 0.344 bits per heavy atom. The fraction of sp³-hybridized carbons (Fsp3) is 0.0333. The van der Waals surface area contributed by atoms with E-state index in [1.54, 1.807) is 0 Å². The van der Waals surface area contributed by atoms with Crippen LogP contribution < -0.4 is 4.90 Å². The number of nitrogens with zero attached hydrogens (tertiary/aromatic N) is 1. The van der Waals surface area contributed by atoms with Gasteiger partial charge in [0.25, 0.3) is 0 Å². The van der Waals surface area contributed by atoms with E-state index in [2.05, 4.69) is 242 Å². The van der Waals surface area contributed by atoms with Crippen LogP contribution in [0.1, 0.15) is 23.6 Å². The molecule has 11 aromatic rings. The van der Waals surface area contributed by atoms with Crippen molar-refractivity contribution in [2.45, 2.75) is 12.3 Å². The van der Waals surface area contributed by atoms with Crippen molar-refractivity contribution < 1.29 is 0 Å². The standard InChI is InChI=1S/C60H41N/c1-60(43-24-9-4-10-25-43)54-32-16-15-28-49(54)52-31-18-34-56(59(52)60)61(55-33-17-30-46-45-26-12-11-19-40(45)35-37-50(46)55)44-36-38-48-47-27-13-14-29-51(47)57(41-20-5-2-6-21-41)58(53(48)39-44)42-22-7-3-8-23-42/h2-39H,1H3. The molecule has 1 atom stereocenters. The van der Waals surface area contributed by atoms with Gasteiger partial charge in [0.05, 0.1) is 11.4 Å². The van der Waals surface area contributed by atoms with E-state index < -0.39 is 5.41 Å². The molecule has 0 spiro atoms. The van der Waals surface area contributed by atoms with Crippen molar-refractivity contribution in [1.29, 1.82) is 0 Å². The van der Waals surface area contributed by atoms with Gasteiger partial charge >= 0.3 is 0 Å². The Balaban J connectivity index is 1.23. The zero-order chi connectivity index (χ0) is 40.5. The van der Waals surface area contributed by atoms with Crippen LogP contribution in [0.4, 0.5) is 17.1 Å². The summed E-state index contributed by atoms with van der Waals surface area (Å²) in [6, 6.07) is 85.3. The molecule has 1 unspecified atom stereocenters. The summed E-state index contributed by atoms with van der Waals surface area (Å²) >= 11 is 0. The van der Waals surface area contributed by atoms with Crippen molar-refractivity contribution in [1.82, 2.24) is 0 Å². The molecule has 0 amide bonds. The van der Waals surface area contributed by atoms with E-state index in [1.165, 1.54) is 98.8 Å². The molecule has 0 aromatic heterocycles. The van der Waals surface area contributed by atoms with Crippen molar-refractivity contribution in [3.05, 3.63) is 247 Å². The van der Waals surface area contributed by atoms with E-state index in [9.17, 15) is 0 Å². The molecule has 0 N–H and O–H groups in total. The Bertz CT molecular complexity index is 3480. The lowest BCUT2D eigenvalue weighted by Crippen LogP contribution is -2.25. The predicted octanol–water partition coefficient (Wildman–Crippen LogP) is 16.4. The molecule has 1 aliphatic carbocycles. The van der Waals surface area contributed by atoms with Crippen molar-refractivity contribution in [2.75, 3.05) is 4.90 Å². The maximum atomic E-state index is 2.56. The zero-order valence-electron chi connectivity index (χ0n) is 33.9. The van der Waals surface area contributed by atoms with Crippen LogP contribution in [-0.4, -0.2) is 0 Å². The molecule has 1 nitrogen and oxygen atoms in total. The molecule has 0 radical (unpaired) electrons. The monoisotopic (exact) mass is 775 g/mol. The molecule has 1 heteroatoms. The van der Waals surface area contributed by atoms with Gasteiger partial charge in [0.2, 0.25) is 0 Å². The summed E-state index contributed by atoms with van der Waals surface area (Å²) in [5.41, 5.74) is 14.4. The summed E-state index contributed by atoms with van der Waals surface area (Å²) in [5, 5.41) is 9.91. The zero-order valence-corrected chi connectivity index (χ0v) is 33.9. The number of anilines is 3. The van der Waals surface area contributed by atoms with Gasteiger partial charge in [0, 0.05) is 16.5 Å². The summed E-state index contributed by atoms with van der Waals surface area (Å²) in [6.45, 7) is 2.43. The Hall–Kier alpha value is -7.74. The lowest BCUT2D eigenvalue weighted by atomic mass is 9.73. The summed E-state index contributed by atoms with van der Waals surface area (Å²) in [6.07, 6.45) is 0. The van der Waals surface area contributed by atoms with Gasteiger partial charge in [-0.25, -0.2) is 0 Å². The first kappa shape index (κ1) is 35.2. The largest absolute Gasteiger partial charge is 0.310 e. The Kier molecular flexibility index (Phi) is 8.05. The number of hydrogen-bond acceptors (Lipinski definition) is 1. The predicted molar refractivity (Wildman–Crippen MR) is 259 cm³/mol. The van der Waals surface area contributed by atoms with Gasteiger partial charge in [-0.05, 0) is 119 Å². The molecule has 286 valence electrons. The third-order valence-corrected chi connectivity index (χ3v) is 13.3. The van der Waals surface area contributed by atoms with E-state index in [0.29, 0.717) is 0 Å². The van der Waals surface area contributed by atoms with Crippen molar-refractivity contribution in [2.24, 2.45) is 0 Å². The third-order valence-electron chi connectivity index (χ3n) is 13.3. The van der Waals surface area contributed by atoms with Crippen molar-refractivity contribution >= 4 is 60.2 Å². The van der Waals surface area contributed by atoms with Crippen LogP contribution in [0.15, 0.2) is 231 Å². The van der Waals surface area contributed by atoms with E-state index in [-0.39, 0.29) is 0 Å². The lowest BCUT2D eigenvalue weighted by molar-refractivity contribution is 0.714. The second-order valence-corrected chi connectivity index (χ2v) is 16.5. The second-order valence-electron chi connectivity index (χ2n) is 16.5. The van der Waals surface area contributed by atoms with Gasteiger partial charge < -0.3 is 4.90 Å². The molecule has 0 fully saturated rings. The summed E-state index contributed by atoms with van der Waals surface area (Å²) < 4.78 is 0. The minimum atomic E-state index is -0.415. The highest BCUT2D eigenvalue weighted by Crippen LogP contribution is 2.58. The van der Waals surface area contributed by atoms with Gasteiger partial charge in [-0.15, -0.1) is 0 Å². The number of hydrogen-bond donors (Lipinski definition) is 0. The molecule has 0 saturated heterocycles. The first-order chi connectivity index (χ1) is 30.2. The van der Waals surface area contributed by atoms with Gasteiger partial charge in [-0.1, -0.05) is 206 Å². The molecular weight excluding hydrogens is 735 g/mol. The van der Waals surface area contributed by atoms with Gasteiger partial charge in [-0.2, -0.15) is 0 Å². The summed E-state index contributed by atoms with van der Waals surface area (Å²) in [5.74, 6) is 0. The van der Waals surface area contributed by atoms with Crippen LogP contribution in [0.5, 0.6) is 0 Å². The van der Waals surface area contributed by atoms with Gasteiger partial charge in [-0.3, -0.25) is 0 Å². The fourth-order valence-corrected chi connectivity index (χ4v) is 10.6. The Labute approximate surface area is 356 Å². The molecule has 0 aliphatic heterocycles. The third kappa shape index (κ3) is 5.34. The highest BCUT2D eigenvalue weighted by molar-refractivity contribution is 6.22. The fourth-order valence-electron chi connectivity index (χ4n) is 10.6. The topological polar surface area (TPSA) is 3.24 Å². The lowest BCUT2D eigenvalue weighted by Gasteiger charge is -2.35. The van der Waals surface area contributed by atoms with E-state index in [0.717, 1.165) is 11.4 Å². The van der Waals surface area contributed by atoms with Crippen LogP contribution in [0, 0.1) is 0 Å². The summed E-state index contributed by atoms with van der Waals surface area (Å²) in [4.78, 5) is 2.56. The summed E-state index contributed by atoms with van der Waals surface area (Å²) in [7, 11) is 0. The van der Waals surface area contributed by atoms with Gasteiger partial charge in [0.1, 0.15) is 0 Å².